The van der Waals surface area contributed by atoms with E-state index in [9.17, 15) is 25.2 Å². The van der Waals surface area contributed by atoms with Crippen LogP contribution in [0, 0.1) is 58.7 Å². The zero-order valence-electron chi connectivity index (χ0n) is 53.2. The van der Waals surface area contributed by atoms with Crippen molar-refractivity contribution >= 4 is 33.6 Å². The van der Waals surface area contributed by atoms with Gasteiger partial charge in [0, 0.05) is 114 Å². The van der Waals surface area contributed by atoms with Gasteiger partial charge in [0.25, 0.3) is 0 Å². The fourth-order valence-electron chi connectivity index (χ4n) is 18.7. The average Bonchev–Trinajstić information content (AvgIpc) is 1.50. The molecule has 1 saturated heterocycles. The summed E-state index contributed by atoms with van der Waals surface area (Å²) < 4.78 is 34.7. The monoisotopic (exact) mass is 1300 g/mol. The fraction of sp³-hybridized carbons (Fsp3) is 0.449. The van der Waals surface area contributed by atoms with Crippen LogP contribution in [0.2, 0.25) is 0 Å². The van der Waals surface area contributed by atoms with Gasteiger partial charge in [0.05, 0.1) is 35.7 Å². The summed E-state index contributed by atoms with van der Waals surface area (Å²) in [5, 5.41) is 59.6. The molecular weight excluding hydrogens is 1220 g/mol. The minimum Gasteiger partial charge on any atom is -0.508 e. The number of dihydropyridines is 1. The number of phenolic OH excluding ortho intramolecular Hbond substituents is 2. The van der Waals surface area contributed by atoms with E-state index in [2.05, 4.69) is 137 Å². The van der Waals surface area contributed by atoms with Gasteiger partial charge in [-0.1, -0.05) is 143 Å². The van der Waals surface area contributed by atoms with E-state index >= 15 is 0 Å². The Bertz CT molecular complexity index is 4110. The highest BCUT2D eigenvalue weighted by atomic mass is 33.1. The zero-order valence-corrected chi connectivity index (χ0v) is 54.8. The molecule has 5 aliphatic carbocycles. The number of hydrogen-bond acceptors (Lipinski definition) is 16. The van der Waals surface area contributed by atoms with E-state index in [0.717, 1.165) is 101 Å². The first-order valence-corrected chi connectivity index (χ1v) is 36.3. The van der Waals surface area contributed by atoms with Crippen molar-refractivity contribution in [3.05, 3.63) is 176 Å². The van der Waals surface area contributed by atoms with Crippen molar-refractivity contribution in [2.75, 3.05) is 46.0 Å². The first kappa shape index (κ1) is 61.8. The van der Waals surface area contributed by atoms with E-state index < -0.39 is 59.7 Å². The molecule has 94 heavy (non-hydrogen) atoms. The number of carbonyl (C=O) groups is 1. The molecule has 1 unspecified atom stereocenters. The van der Waals surface area contributed by atoms with Crippen molar-refractivity contribution in [2.24, 2.45) is 40.7 Å². The number of esters is 1. The normalized spacial score (nSPS) is 32.6. The highest BCUT2D eigenvalue weighted by Crippen LogP contribution is 2.65. The van der Waals surface area contributed by atoms with Crippen LogP contribution >= 0.6 is 21.6 Å². The number of fused-ring (bicyclic) bond motifs is 14. The third-order valence-electron chi connectivity index (χ3n) is 22.9. The number of rotatable bonds is 9. The lowest BCUT2D eigenvalue weighted by molar-refractivity contribution is -0.141. The molecule has 5 aromatic carbocycles. The van der Waals surface area contributed by atoms with Crippen LogP contribution in [0.1, 0.15) is 131 Å². The molecule has 5 aromatic rings. The summed E-state index contributed by atoms with van der Waals surface area (Å²) in [6.07, 6.45) is 20.1. The lowest BCUT2D eigenvalue weighted by Gasteiger charge is -2.40. The molecule has 2 saturated carbocycles. The standard InChI is InChI=1S/C78H82N4O10S2/c1-43(85)89-39-61-56-16-17-57-68-50(32-53(86)33-65(68)90-42-84)35-77-26-24-49(34-77)59-30-45-10-6-12-48(28-45)54-25-27-78(41-88-2)51(38-83)36-80-37-60-69(47(14-20-62(54)78)15-21-63-55(59)19-23-67(79)82-63)70(73(61)91-74(56)71(57)77)58-18-22-64-76(92-75(58)72(60)87)66(31-44-8-4-3-5-9-44)94-93-40-46-11-7-13-52(29-46)81-64/h3-6,8-10,12,16-19,22-23,25,27-28,32-33,46-47,49,51-52,54,59,61-62,64,66-67,73,76,80-84,86-87H,7,11,13,24,26,29-31,34-42,79H2,1-2H3/t46-,47-,49-,51+,52+,54-,59-,61+,62+,64+,66-,67?,73+,76+,77+,78-/m1/s1. The number of aliphatic hydroxyl groups is 2. The molecule has 1 spiro atoms. The minimum absolute atomic E-state index is 0.0303. The Morgan fingerprint density at radius 1 is 0.936 bits per heavy atom. The van der Waals surface area contributed by atoms with Crippen LogP contribution in [0.25, 0.3) is 17.2 Å². The van der Waals surface area contributed by atoms with Crippen molar-refractivity contribution < 1.29 is 48.9 Å². The van der Waals surface area contributed by atoms with Gasteiger partial charge in [-0.3, -0.25) is 4.79 Å². The Labute approximate surface area is 558 Å². The van der Waals surface area contributed by atoms with Crippen molar-refractivity contribution in [3.8, 4) is 63.6 Å². The van der Waals surface area contributed by atoms with E-state index in [0.29, 0.717) is 65.9 Å². The maximum Gasteiger partial charge on any atom is 0.302 e. The van der Waals surface area contributed by atoms with Crippen LogP contribution in [0.4, 0.5) is 0 Å². The first-order valence-electron chi connectivity index (χ1n) is 33.9. The largest absolute Gasteiger partial charge is 0.508 e. The maximum atomic E-state index is 14.0. The molecule has 16 heteroatoms. The van der Waals surface area contributed by atoms with Gasteiger partial charge in [-0.2, -0.15) is 0 Å². The molecule has 0 aromatic heterocycles. The topological polar surface area (TPSA) is 206 Å². The first-order chi connectivity index (χ1) is 45.9. The third-order valence-corrected chi connectivity index (χ3v) is 25.9. The van der Waals surface area contributed by atoms with E-state index in [1.54, 1.807) is 13.2 Å². The number of aromatic hydroxyl groups is 2. The predicted octanol–water partition coefficient (Wildman–Crippen LogP) is 11.1. The summed E-state index contributed by atoms with van der Waals surface area (Å²) in [7, 11) is 5.55. The Hall–Kier alpha value is -7.09. The Balaban J connectivity index is 1.02. The summed E-state index contributed by atoms with van der Waals surface area (Å²) in [6, 6.07) is 27.3. The lowest BCUT2D eigenvalue weighted by atomic mass is 9.64. The van der Waals surface area contributed by atoms with Gasteiger partial charge in [-0.25, -0.2) is 0 Å². The summed E-state index contributed by atoms with van der Waals surface area (Å²) in [5.74, 6) is 15.7. The Morgan fingerprint density at radius 2 is 1.83 bits per heavy atom. The number of benzene rings is 5. The number of phenols is 2. The van der Waals surface area contributed by atoms with Crippen LogP contribution in [-0.4, -0.2) is 102 Å². The number of ether oxygens (including phenoxy) is 5. The fourth-order valence-corrected chi connectivity index (χ4v) is 21.9. The Morgan fingerprint density at radius 3 is 2.68 bits per heavy atom. The molecular formula is C78H82N4O10S2. The smallest absolute Gasteiger partial charge is 0.302 e. The molecule has 16 atom stereocenters. The number of nitrogens with two attached hydrogens (primary N) is 1. The van der Waals surface area contributed by atoms with Crippen molar-refractivity contribution in [2.45, 2.75) is 137 Å². The molecule has 0 amide bonds. The summed E-state index contributed by atoms with van der Waals surface area (Å²) in [4.78, 5) is 13.5. The predicted molar refractivity (Wildman–Crippen MR) is 366 cm³/mol. The second-order valence-corrected chi connectivity index (χ2v) is 30.9. The van der Waals surface area contributed by atoms with Crippen LogP contribution in [0.3, 0.4) is 0 Å². The van der Waals surface area contributed by atoms with Gasteiger partial charge in [-0.05, 0) is 133 Å². The molecule has 6 heterocycles. The maximum absolute atomic E-state index is 14.0. The number of carbonyl (C=O) groups excluding carboxylic acids is 1. The van der Waals surface area contributed by atoms with E-state index in [4.69, 9.17) is 29.4 Å². The molecule has 486 valence electrons. The zero-order chi connectivity index (χ0) is 64.0. The molecule has 16 rings (SSSR count). The van der Waals surface area contributed by atoms with Gasteiger partial charge in [0.15, 0.2) is 18.3 Å². The highest BCUT2D eigenvalue weighted by Gasteiger charge is 2.55. The number of nitrogens with one attached hydrogen (secondary N) is 3. The van der Waals surface area contributed by atoms with Crippen molar-refractivity contribution in [1.29, 1.82) is 0 Å². The van der Waals surface area contributed by atoms with Crippen LogP contribution in [0.5, 0.6) is 28.7 Å². The van der Waals surface area contributed by atoms with Gasteiger partial charge < -0.3 is 65.8 Å². The molecule has 11 aliphatic rings. The van der Waals surface area contributed by atoms with Crippen LogP contribution in [0.15, 0.2) is 121 Å². The van der Waals surface area contributed by atoms with Crippen LogP contribution in [-0.2, 0) is 45.5 Å². The van der Waals surface area contributed by atoms with E-state index in [1.165, 1.54) is 24.5 Å². The van der Waals surface area contributed by atoms with Gasteiger partial charge in [-0.15, -0.1) is 0 Å². The number of hydrogen-bond donors (Lipinski definition) is 8. The quantitative estimate of drug-likeness (QED) is 0.0227. The van der Waals surface area contributed by atoms with Gasteiger partial charge in [0.1, 0.15) is 42.0 Å². The molecule has 3 fully saturated rings. The molecule has 14 nitrogen and oxygen atoms in total. The Kier molecular flexibility index (Phi) is 16.5. The van der Waals surface area contributed by atoms with Crippen molar-refractivity contribution in [3.63, 3.8) is 0 Å². The van der Waals surface area contributed by atoms with E-state index in [-0.39, 0.29) is 72.3 Å². The minimum atomic E-state index is -0.922. The van der Waals surface area contributed by atoms with Crippen molar-refractivity contribution in [1.82, 2.24) is 16.0 Å². The van der Waals surface area contributed by atoms with Gasteiger partial charge >= 0.3 is 5.97 Å². The number of aliphatic hydroxyl groups excluding tert-OH is 2. The highest BCUT2D eigenvalue weighted by molar-refractivity contribution is 8.77. The summed E-state index contributed by atoms with van der Waals surface area (Å²) in [5.41, 5.74) is 17.9. The average molecular weight is 1300 g/mol. The molecule has 0 radical (unpaired) electrons. The lowest BCUT2D eigenvalue weighted by Crippen LogP contribution is -2.52. The number of allylic oxidation sites excluding steroid dienone is 4. The molecule has 11 bridgehead atoms. The summed E-state index contributed by atoms with van der Waals surface area (Å²) in [6.45, 7) is 1.39. The molecule has 6 aliphatic heterocycles. The summed E-state index contributed by atoms with van der Waals surface area (Å²) >= 11 is 0. The van der Waals surface area contributed by atoms with Crippen LogP contribution < -0.4 is 35.9 Å². The molecule has 9 N–H and O–H groups in total. The second kappa shape index (κ2) is 25.2. The van der Waals surface area contributed by atoms with Gasteiger partial charge in [0.2, 0.25) is 0 Å². The van der Waals surface area contributed by atoms with E-state index in [1.807, 2.05) is 33.7 Å². The number of methoxy groups -OCH3 is 1. The third kappa shape index (κ3) is 10.7. The second-order valence-electron chi connectivity index (χ2n) is 28.3. The SMILES string of the molecule is COC[C@@]12C=C[C@@H]3c4cccc(c4)C[C@H]4C5=C(C#C[C@@H](C#C[C@@H]31)c1c(c(O)c3c(c1[C@H]1Oc6c(ccc7c6[C@]6(CC[C@@H]4C6)Cc4cc(O)cc(OCO)c4-7)[C@@H]1COC(C)=O)C=C[C@@H]1N[C@H]4CCC[C@@H](CSS[C@H](Cc6ccccc6)[C@H]1O3)C4)CNC[C@H]2CO)NC(N)C=C5.